The van der Waals surface area contributed by atoms with Crippen molar-refractivity contribution in [2.24, 2.45) is 0 Å². The standard InChI is InChI=1S/C20H23N3.ClH/c1-4-23(5-2)17-12-10-16(11-13-17)21-20-14-15(3)18-8-6-7-9-19(18)22-20;/h6-14H,4-5H2,1-3H3,(H,21,22);1H. The van der Waals surface area contributed by atoms with Crippen LogP contribution in [0.3, 0.4) is 0 Å². The summed E-state index contributed by atoms with van der Waals surface area (Å²) in [6.45, 7) is 8.52. The Balaban J connectivity index is 0.00000208. The first kappa shape index (κ1) is 18.1. The van der Waals surface area contributed by atoms with E-state index in [2.05, 4.69) is 79.5 Å². The Morgan fingerprint density at radius 1 is 0.958 bits per heavy atom. The molecule has 0 saturated carbocycles. The molecule has 3 aromatic rings. The van der Waals surface area contributed by atoms with Crippen LogP contribution in [-0.4, -0.2) is 18.1 Å². The molecular formula is C20H24ClN3. The number of hydrogen-bond acceptors (Lipinski definition) is 3. The molecule has 0 amide bonds. The number of anilines is 3. The van der Waals surface area contributed by atoms with E-state index in [0.29, 0.717) is 0 Å². The second-order valence-electron chi connectivity index (χ2n) is 5.69. The highest BCUT2D eigenvalue weighted by atomic mass is 35.5. The van der Waals surface area contributed by atoms with E-state index in [4.69, 9.17) is 4.98 Å². The maximum absolute atomic E-state index is 4.70. The molecule has 3 nitrogen and oxygen atoms in total. The first-order chi connectivity index (χ1) is 11.2. The van der Waals surface area contributed by atoms with Crippen molar-refractivity contribution in [1.82, 2.24) is 4.98 Å². The third-order valence-corrected chi connectivity index (χ3v) is 4.19. The molecular weight excluding hydrogens is 318 g/mol. The zero-order chi connectivity index (χ0) is 16.2. The number of aryl methyl sites for hydroxylation is 1. The van der Waals surface area contributed by atoms with Crippen LogP contribution < -0.4 is 10.2 Å². The van der Waals surface area contributed by atoms with Gasteiger partial charge in [-0.05, 0) is 62.7 Å². The van der Waals surface area contributed by atoms with Crippen LogP contribution in [-0.2, 0) is 0 Å². The van der Waals surface area contributed by atoms with Crippen molar-refractivity contribution in [3.05, 3.63) is 60.2 Å². The third kappa shape index (κ3) is 3.80. The molecule has 0 aliphatic heterocycles. The van der Waals surface area contributed by atoms with E-state index >= 15 is 0 Å². The highest BCUT2D eigenvalue weighted by Crippen LogP contribution is 2.24. The lowest BCUT2D eigenvalue weighted by Gasteiger charge is -2.21. The predicted octanol–water partition coefficient (Wildman–Crippen LogP) is 5.55. The molecule has 0 bridgehead atoms. The van der Waals surface area contributed by atoms with Crippen LogP contribution in [0.15, 0.2) is 54.6 Å². The van der Waals surface area contributed by atoms with Gasteiger partial charge in [-0.2, -0.15) is 0 Å². The molecule has 0 radical (unpaired) electrons. The fraction of sp³-hybridized carbons (Fsp3) is 0.250. The van der Waals surface area contributed by atoms with E-state index in [1.54, 1.807) is 0 Å². The van der Waals surface area contributed by atoms with E-state index in [1.165, 1.54) is 16.6 Å². The summed E-state index contributed by atoms with van der Waals surface area (Å²) in [6, 6.07) is 18.9. The van der Waals surface area contributed by atoms with Gasteiger partial charge in [-0.15, -0.1) is 12.4 Å². The van der Waals surface area contributed by atoms with Crippen molar-refractivity contribution in [2.45, 2.75) is 20.8 Å². The molecule has 24 heavy (non-hydrogen) atoms. The molecule has 3 rings (SSSR count). The van der Waals surface area contributed by atoms with Crippen molar-refractivity contribution >= 4 is 40.5 Å². The average molecular weight is 342 g/mol. The van der Waals surface area contributed by atoms with Gasteiger partial charge in [0.25, 0.3) is 0 Å². The minimum Gasteiger partial charge on any atom is -0.372 e. The molecule has 2 aromatic carbocycles. The Bertz CT molecular complexity index is 796. The largest absolute Gasteiger partial charge is 0.372 e. The molecule has 1 heterocycles. The fourth-order valence-corrected chi connectivity index (χ4v) is 2.91. The summed E-state index contributed by atoms with van der Waals surface area (Å²) in [7, 11) is 0. The van der Waals surface area contributed by atoms with E-state index in [-0.39, 0.29) is 12.4 Å². The number of pyridine rings is 1. The van der Waals surface area contributed by atoms with E-state index in [9.17, 15) is 0 Å². The molecule has 4 heteroatoms. The number of nitrogens with zero attached hydrogens (tertiary/aromatic N) is 2. The van der Waals surface area contributed by atoms with Crippen LogP contribution in [0.2, 0.25) is 0 Å². The molecule has 0 spiro atoms. The Hall–Kier alpha value is -2.26. The normalized spacial score (nSPS) is 10.3. The number of rotatable bonds is 5. The molecule has 0 aliphatic rings. The second-order valence-corrected chi connectivity index (χ2v) is 5.69. The zero-order valence-corrected chi connectivity index (χ0v) is 15.2. The van der Waals surface area contributed by atoms with Crippen LogP contribution >= 0.6 is 12.4 Å². The number of para-hydroxylation sites is 1. The third-order valence-electron chi connectivity index (χ3n) is 4.19. The van der Waals surface area contributed by atoms with Gasteiger partial charge in [0, 0.05) is 29.9 Å². The number of hydrogen-bond donors (Lipinski definition) is 1. The summed E-state index contributed by atoms with van der Waals surface area (Å²) in [4.78, 5) is 7.04. The van der Waals surface area contributed by atoms with E-state index in [1.807, 2.05) is 6.07 Å². The summed E-state index contributed by atoms with van der Waals surface area (Å²) < 4.78 is 0. The molecule has 1 aromatic heterocycles. The maximum atomic E-state index is 4.70. The van der Waals surface area contributed by atoms with E-state index < -0.39 is 0 Å². The van der Waals surface area contributed by atoms with Crippen LogP contribution in [0, 0.1) is 6.92 Å². The lowest BCUT2D eigenvalue weighted by molar-refractivity contribution is 0.866. The number of benzene rings is 2. The van der Waals surface area contributed by atoms with Gasteiger partial charge in [0.2, 0.25) is 0 Å². The monoisotopic (exact) mass is 341 g/mol. The summed E-state index contributed by atoms with van der Waals surface area (Å²) in [5.74, 6) is 0.886. The van der Waals surface area contributed by atoms with Gasteiger partial charge in [0.05, 0.1) is 5.52 Å². The van der Waals surface area contributed by atoms with Crippen LogP contribution in [0.25, 0.3) is 10.9 Å². The van der Waals surface area contributed by atoms with Gasteiger partial charge in [-0.1, -0.05) is 18.2 Å². The topological polar surface area (TPSA) is 28.2 Å². The van der Waals surface area contributed by atoms with Gasteiger partial charge < -0.3 is 10.2 Å². The maximum Gasteiger partial charge on any atom is 0.131 e. The van der Waals surface area contributed by atoms with Gasteiger partial charge in [0.1, 0.15) is 5.82 Å². The molecule has 0 fully saturated rings. The summed E-state index contributed by atoms with van der Waals surface area (Å²) in [5, 5.41) is 4.61. The SMILES string of the molecule is CCN(CC)c1ccc(Nc2cc(C)c3ccccc3n2)cc1.Cl. The number of fused-ring (bicyclic) bond motifs is 1. The van der Waals surface area contributed by atoms with Crippen molar-refractivity contribution in [3.8, 4) is 0 Å². The zero-order valence-electron chi connectivity index (χ0n) is 14.4. The molecule has 1 N–H and O–H groups in total. The number of halogens is 1. The van der Waals surface area contributed by atoms with Crippen molar-refractivity contribution in [1.29, 1.82) is 0 Å². The van der Waals surface area contributed by atoms with Crippen molar-refractivity contribution in [2.75, 3.05) is 23.3 Å². The number of nitrogens with one attached hydrogen (secondary N) is 1. The van der Waals surface area contributed by atoms with Gasteiger partial charge in [-0.25, -0.2) is 4.98 Å². The quantitative estimate of drug-likeness (QED) is 0.659. The minimum atomic E-state index is 0. The average Bonchev–Trinajstić information content (AvgIpc) is 2.57. The predicted molar refractivity (Wildman–Crippen MR) is 107 cm³/mol. The summed E-state index contributed by atoms with van der Waals surface area (Å²) in [6.07, 6.45) is 0. The van der Waals surface area contributed by atoms with Crippen LogP contribution in [0.4, 0.5) is 17.2 Å². The Morgan fingerprint density at radius 3 is 2.29 bits per heavy atom. The Kier molecular flexibility index (Phi) is 6.04. The van der Waals surface area contributed by atoms with Gasteiger partial charge in [-0.3, -0.25) is 0 Å². The van der Waals surface area contributed by atoms with Crippen molar-refractivity contribution < 1.29 is 0 Å². The molecule has 126 valence electrons. The first-order valence-electron chi connectivity index (χ1n) is 8.19. The molecule has 0 atom stereocenters. The van der Waals surface area contributed by atoms with Crippen molar-refractivity contribution in [3.63, 3.8) is 0 Å². The number of aromatic nitrogens is 1. The first-order valence-corrected chi connectivity index (χ1v) is 8.19. The molecule has 0 unspecified atom stereocenters. The summed E-state index contributed by atoms with van der Waals surface area (Å²) >= 11 is 0. The highest BCUT2D eigenvalue weighted by molar-refractivity contribution is 5.85. The van der Waals surface area contributed by atoms with Crippen LogP contribution in [0.1, 0.15) is 19.4 Å². The summed E-state index contributed by atoms with van der Waals surface area (Å²) in [5.41, 5.74) is 4.57. The lowest BCUT2D eigenvalue weighted by Crippen LogP contribution is -2.21. The Morgan fingerprint density at radius 2 is 1.62 bits per heavy atom. The minimum absolute atomic E-state index is 0. The second kappa shape index (κ2) is 8.02. The molecule has 0 saturated heterocycles. The van der Waals surface area contributed by atoms with Gasteiger partial charge >= 0.3 is 0 Å². The Labute approximate surface area is 150 Å². The lowest BCUT2D eigenvalue weighted by atomic mass is 10.1. The molecule has 0 aliphatic carbocycles. The van der Waals surface area contributed by atoms with Gasteiger partial charge in [0.15, 0.2) is 0 Å². The smallest absolute Gasteiger partial charge is 0.131 e. The fourth-order valence-electron chi connectivity index (χ4n) is 2.91. The van der Waals surface area contributed by atoms with E-state index in [0.717, 1.165) is 30.1 Å². The highest BCUT2D eigenvalue weighted by Gasteiger charge is 2.04. The van der Waals surface area contributed by atoms with Crippen LogP contribution in [0.5, 0.6) is 0 Å².